The van der Waals surface area contributed by atoms with Gasteiger partial charge in [-0.15, -0.1) is 0 Å². The van der Waals surface area contributed by atoms with Gasteiger partial charge in [0.2, 0.25) is 5.91 Å². The van der Waals surface area contributed by atoms with E-state index >= 15 is 0 Å². The van der Waals surface area contributed by atoms with Crippen molar-refractivity contribution in [2.45, 2.75) is 347 Å². The lowest BCUT2D eigenvalue weighted by atomic mass is 10.0. The highest BCUT2D eigenvalue weighted by atomic mass is 31.2. The summed E-state index contributed by atoms with van der Waals surface area (Å²) in [4.78, 5) is 25.6. The molecule has 0 aliphatic heterocycles. The first kappa shape index (κ1) is 69.5. The van der Waals surface area contributed by atoms with Crippen LogP contribution in [0.5, 0.6) is 0 Å². The number of unbranched alkanes of at least 4 members (excludes halogenated alkanes) is 46. The molecule has 420 valence electrons. The van der Waals surface area contributed by atoms with Crippen LogP contribution in [-0.4, -0.2) is 68.5 Å². The van der Waals surface area contributed by atoms with Crippen LogP contribution in [0.15, 0.2) is 0 Å². The van der Waals surface area contributed by atoms with Crippen LogP contribution in [0.3, 0.4) is 0 Å². The van der Waals surface area contributed by atoms with Crippen LogP contribution in [0.4, 0.5) is 0 Å². The second-order valence-corrected chi connectivity index (χ2v) is 24.5. The normalized spacial score (nSPS) is 13.8. The fourth-order valence-corrected chi connectivity index (χ4v) is 10.7. The van der Waals surface area contributed by atoms with E-state index in [-0.39, 0.29) is 19.1 Å². The van der Waals surface area contributed by atoms with Crippen molar-refractivity contribution in [1.29, 1.82) is 0 Å². The van der Waals surface area contributed by atoms with Crippen molar-refractivity contribution in [3.05, 3.63) is 0 Å². The third-order valence-corrected chi connectivity index (χ3v) is 15.8. The number of rotatable bonds is 59. The summed E-state index contributed by atoms with van der Waals surface area (Å²) in [6, 6.07) is -0.796. The summed E-state index contributed by atoms with van der Waals surface area (Å²) in [5.41, 5.74) is 0. The van der Waals surface area contributed by atoms with E-state index in [2.05, 4.69) is 19.2 Å². The lowest BCUT2D eigenvalue weighted by Crippen LogP contribution is -2.46. The lowest BCUT2D eigenvalue weighted by Gasteiger charge is -2.30. The molecular formula is C61H125N2O6P. The maximum absolute atomic E-state index is 13.0. The topological polar surface area (TPSA) is 108 Å². The minimum absolute atomic E-state index is 0.0168. The molecule has 9 heteroatoms. The Balaban J connectivity index is 4.06. The lowest BCUT2D eigenvalue weighted by molar-refractivity contribution is -0.870. The minimum Gasteiger partial charge on any atom is -0.756 e. The molecule has 70 heavy (non-hydrogen) atoms. The van der Waals surface area contributed by atoms with Crippen LogP contribution in [0.2, 0.25) is 0 Å². The van der Waals surface area contributed by atoms with E-state index in [1.807, 2.05) is 21.1 Å². The summed E-state index contributed by atoms with van der Waals surface area (Å²) in [6.07, 6.45) is 64.3. The summed E-state index contributed by atoms with van der Waals surface area (Å²) in [5, 5.41) is 14.1. The van der Waals surface area contributed by atoms with Crippen molar-refractivity contribution >= 4 is 13.7 Å². The zero-order chi connectivity index (χ0) is 51.3. The molecule has 1 amide bonds. The summed E-state index contributed by atoms with van der Waals surface area (Å²) >= 11 is 0. The number of aliphatic hydroxyl groups excluding tert-OH is 1. The first-order valence-electron chi connectivity index (χ1n) is 31.4. The quantitative estimate of drug-likeness (QED) is 0.0357. The number of likely N-dealkylation sites (N-methyl/N-ethyl adjacent to an activating group) is 1. The Morgan fingerprint density at radius 1 is 0.443 bits per heavy atom. The van der Waals surface area contributed by atoms with E-state index in [4.69, 9.17) is 9.05 Å². The van der Waals surface area contributed by atoms with Gasteiger partial charge in [-0.3, -0.25) is 9.36 Å². The average Bonchev–Trinajstić information content (AvgIpc) is 3.32. The molecule has 8 nitrogen and oxygen atoms in total. The Morgan fingerprint density at radius 2 is 0.700 bits per heavy atom. The number of hydrogen-bond acceptors (Lipinski definition) is 6. The number of nitrogens with zero attached hydrogens (tertiary/aromatic N) is 1. The number of phosphoric ester groups is 1. The van der Waals surface area contributed by atoms with Gasteiger partial charge in [0.25, 0.3) is 7.82 Å². The number of carbonyl (C=O) groups excluding carboxylic acids is 1. The molecule has 0 bridgehead atoms. The van der Waals surface area contributed by atoms with E-state index in [0.29, 0.717) is 23.9 Å². The van der Waals surface area contributed by atoms with Gasteiger partial charge in [-0.25, -0.2) is 0 Å². The van der Waals surface area contributed by atoms with Gasteiger partial charge in [0.1, 0.15) is 13.2 Å². The maximum atomic E-state index is 13.0. The number of hydrogen-bond donors (Lipinski definition) is 2. The van der Waals surface area contributed by atoms with Crippen LogP contribution >= 0.6 is 7.82 Å². The number of aliphatic hydroxyl groups is 1. The van der Waals surface area contributed by atoms with Gasteiger partial charge >= 0.3 is 0 Å². The summed E-state index contributed by atoms with van der Waals surface area (Å²) in [6.45, 7) is 4.79. The van der Waals surface area contributed by atoms with Crippen molar-refractivity contribution in [2.75, 3.05) is 40.9 Å². The van der Waals surface area contributed by atoms with Crippen molar-refractivity contribution in [2.24, 2.45) is 0 Å². The number of amides is 1. The predicted molar refractivity (Wildman–Crippen MR) is 303 cm³/mol. The van der Waals surface area contributed by atoms with Gasteiger partial charge in [0.05, 0.1) is 39.9 Å². The van der Waals surface area contributed by atoms with Gasteiger partial charge in [-0.2, -0.15) is 0 Å². The fourth-order valence-electron chi connectivity index (χ4n) is 9.93. The summed E-state index contributed by atoms with van der Waals surface area (Å²) in [7, 11) is 1.33. The van der Waals surface area contributed by atoms with E-state index in [1.54, 1.807) is 0 Å². The van der Waals surface area contributed by atoms with Crippen LogP contribution in [0.1, 0.15) is 335 Å². The Hall–Kier alpha value is -0.500. The van der Waals surface area contributed by atoms with E-state index in [9.17, 15) is 19.4 Å². The second kappa shape index (κ2) is 53.3. The SMILES string of the molecule is CCCCCCCCCCCCCCCCCCCCCCCCCCCCCC(O)C(COP(=O)([O-])OCC[N+](C)(C)C)NC(=O)CCCCCCCCCCCCCCCCCCCCCCC. The minimum atomic E-state index is -4.57. The molecule has 3 atom stereocenters. The zero-order valence-electron chi connectivity index (χ0n) is 48.0. The van der Waals surface area contributed by atoms with Crippen LogP contribution in [0, 0.1) is 0 Å². The molecule has 0 fully saturated rings. The molecule has 2 N–H and O–H groups in total. The molecule has 0 saturated carbocycles. The molecule has 0 aliphatic rings. The third kappa shape index (κ3) is 55.3. The molecule has 0 spiro atoms. The number of phosphoric acid groups is 1. The first-order valence-corrected chi connectivity index (χ1v) is 32.8. The Labute approximate surface area is 438 Å². The molecule has 0 aromatic heterocycles. The van der Waals surface area contributed by atoms with Crippen molar-refractivity contribution < 1.29 is 32.9 Å². The van der Waals surface area contributed by atoms with E-state index in [0.717, 1.165) is 38.5 Å². The summed E-state index contributed by atoms with van der Waals surface area (Å²) in [5.74, 6) is -0.155. The largest absolute Gasteiger partial charge is 0.756 e. The highest BCUT2D eigenvalue weighted by molar-refractivity contribution is 7.45. The van der Waals surface area contributed by atoms with Gasteiger partial charge in [0.15, 0.2) is 0 Å². The molecular weight excluding hydrogens is 888 g/mol. The molecule has 0 rings (SSSR count). The van der Waals surface area contributed by atoms with Gasteiger partial charge < -0.3 is 28.8 Å². The molecule has 0 radical (unpaired) electrons. The molecule has 0 heterocycles. The molecule has 0 aromatic rings. The highest BCUT2D eigenvalue weighted by Gasteiger charge is 2.24. The van der Waals surface area contributed by atoms with Gasteiger partial charge in [0, 0.05) is 6.42 Å². The number of carbonyl (C=O) groups is 1. The maximum Gasteiger partial charge on any atom is 0.268 e. The second-order valence-electron chi connectivity index (χ2n) is 23.1. The van der Waals surface area contributed by atoms with Crippen molar-refractivity contribution in [3.63, 3.8) is 0 Å². The molecule has 0 aromatic carbocycles. The highest BCUT2D eigenvalue weighted by Crippen LogP contribution is 2.38. The molecule has 0 saturated heterocycles. The molecule has 3 unspecified atom stereocenters. The average molecular weight is 1010 g/mol. The first-order chi connectivity index (χ1) is 34.0. The van der Waals surface area contributed by atoms with Crippen LogP contribution < -0.4 is 10.2 Å². The standard InChI is InChI=1S/C61H125N2O6P/c1-6-8-10-12-14-16-18-20-22-24-26-28-29-30-31-32-33-35-36-38-40-42-44-46-48-50-52-54-60(64)59(58-69-70(66,67)68-57-56-63(3,4)5)62-61(65)55-53-51-49-47-45-43-41-39-37-34-27-25-23-21-19-17-15-13-11-9-7-2/h59-60,64H,6-58H2,1-5H3,(H-,62,65,66,67). The summed E-state index contributed by atoms with van der Waals surface area (Å²) < 4.78 is 23.5. The van der Waals surface area contributed by atoms with E-state index in [1.165, 1.54) is 270 Å². The third-order valence-electron chi connectivity index (χ3n) is 14.8. The molecule has 0 aliphatic carbocycles. The smallest absolute Gasteiger partial charge is 0.268 e. The Bertz CT molecular complexity index is 1100. The van der Waals surface area contributed by atoms with Gasteiger partial charge in [-0.1, -0.05) is 316 Å². The monoisotopic (exact) mass is 1010 g/mol. The van der Waals surface area contributed by atoms with Crippen molar-refractivity contribution in [3.8, 4) is 0 Å². The predicted octanol–water partition coefficient (Wildman–Crippen LogP) is 18.6. The van der Waals surface area contributed by atoms with Crippen LogP contribution in [-0.2, 0) is 18.4 Å². The number of nitrogens with one attached hydrogen (secondary N) is 1. The Morgan fingerprint density at radius 3 is 0.971 bits per heavy atom. The number of quaternary nitrogens is 1. The fraction of sp³-hybridized carbons (Fsp3) is 0.984. The zero-order valence-corrected chi connectivity index (χ0v) is 48.9. The van der Waals surface area contributed by atoms with Crippen LogP contribution in [0.25, 0.3) is 0 Å². The Kier molecular flexibility index (Phi) is 52.9. The van der Waals surface area contributed by atoms with Gasteiger partial charge in [-0.05, 0) is 12.8 Å². The van der Waals surface area contributed by atoms with Crippen molar-refractivity contribution in [1.82, 2.24) is 5.32 Å². The van der Waals surface area contributed by atoms with E-state index < -0.39 is 20.0 Å².